The van der Waals surface area contributed by atoms with Gasteiger partial charge in [0.25, 0.3) is 11.8 Å². The lowest BCUT2D eigenvalue weighted by Gasteiger charge is -2.32. The van der Waals surface area contributed by atoms with Gasteiger partial charge in [-0.1, -0.05) is 12.1 Å². The molecule has 6 rings (SSSR count). The quantitative estimate of drug-likeness (QED) is 0.343. The number of methoxy groups -OCH3 is 1. The number of anilines is 1. The van der Waals surface area contributed by atoms with E-state index in [1.807, 2.05) is 28.6 Å². The van der Waals surface area contributed by atoms with Crippen LogP contribution in [0.3, 0.4) is 0 Å². The average molecular weight is 546 g/mol. The molecule has 1 aliphatic heterocycles. The molecule has 0 spiro atoms. The van der Waals surface area contributed by atoms with E-state index in [1.54, 1.807) is 47.4 Å². The normalized spacial score (nSPS) is 16.7. The van der Waals surface area contributed by atoms with E-state index in [4.69, 9.17) is 14.7 Å². The summed E-state index contributed by atoms with van der Waals surface area (Å²) in [7, 11) is 1.55. The van der Waals surface area contributed by atoms with Crippen molar-refractivity contribution in [3.8, 4) is 17.1 Å². The number of carbonyl (C=O) groups is 2. The van der Waals surface area contributed by atoms with Crippen molar-refractivity contribution in [3.63, 3.8) is 0 Å². The Morgan fingerprint density at radius 2 is 1.92 bits per heavy atom. The van der Waals surface area contributed by atoms with Gasteiger partial charge >= 0.3 is 0 Å². The molecule has 2 fully saturated rings. The van der Waals surface area contributed by atoms with Gasteiger partial charge in [0.15, 0.2) is 5.82 Å². The second-order valence-electron chi connectivity index (χ2n) is 10.2. The standard InChI is InChI=1S/C28H31N7O3S/c1-17(18-7-8-18)30-24-15-22(32-25(33-24)21-16-29-35-13-14-39-28(21)35)27(37)34-11-9-19(10-12-34)31-26(36)20-5-3-4-6-23(20)38-2/h3-6,13-19H,7-12H2,1-2H3,(H,31,36)(H,30,32,33)/t17-/m0/s1. The van der Waals surface area contributed by atoms with Crippen LogP contribution in [0.2, 0.25) is 0 Å². The Morgan fingerprint density at radius 3 is 2.69 bits per heavy atom. The maximum Gasteiger partial charge on any atom is 0.272 e. The van der Waals surface area contributed by atoms with Crippen LogP contribution in [0.15, 0.2) is 48.1 Å². The number of fused-ring (bicyclic) bond motifs is 1. The molecule has 4 heterocycles. The second kappa shape index (κ2) is 10.6. The number of likely N-dealkylation sites (tertiary alicyclic amines) is 1. The smallest absolute Gasteiger partial charge is 0.272 e. The average Bonchev–Trinajstić information content (AvgIpc) is 3.58. The van der Waals surface area contributed by atoms with E-state index < -0.39 is 0 Å². The number of para-hydroxylation sites is 1. The molecule has 2 amide bonds. The molecule has 10 nitrogen and oxygen atoms in total. The first-order chi connectivity index (χ1) is 19.0. The van der Waals surface area contributed by atoms with Crippen LogP contribution in [0.4, 0.5) is 5.82 Å². The minimum Gasteiger partial charge on any atom is -0.496 e. The Kier molecular flexibility index (Phi) is 6.90. The molecule has 0 bridgehead atoms. The molecular weight excluding hydrogens is 514 g/mol. The molecule has 1 saturated heterocycles. The van der Waals surface area contributed by atoms with Crippen LogP contribution in [0, 0.1) is 5.92 Å². The number of benzene rings is 1. The lowest BCUT2D eigenvalue weighted by Crippen LogP contribution is -2.46. The van der Waals surface area contributed by atoms with E-state index >= 15 is 0 Å². The number of ether oxygens (including phenoxy) is 1. The third kappa shape index (κ3) is 5.31. The third-order valence-corrected chi connectivity index (χ3v) is 8.38. The van der Waals surface area contributed by atoms with Crippen LogP contribution in [0.25, 0.3) is 16.2 Å². The van der Waals surface area contributed by atoms with E-state index in [2.05, 4.69) is 22.7 Å². The number of nitrogens with zero attached hydrogens (tertiary/aromatic N) is 5. The Labute approximate surface area is 230 Å². The van der Waals surface area contributed by atoms with Crippen LogP contribution in [-0.2, 0) is 0 Å². The first-order valence-corrected chi connectivity index (χ1v) is 14.2. The number of amides is 2. The minimum atomic E-state index is -0.167. The summed E-state index contributed by atoms with van der Waals surface area (Å²) in [6, 6.07) is 9.18. The molecule has 2 N–H and O–H groups in total. The van der Waals surface area contributed by atoms with Crippen LogP contribution in [0.5, 0.6) is 5.75 Å². The van der Waals surface area contributed by atoms with Crippen molar-refractivity contribution in [2.75, 3.05) is 25.5 Å². The molecule has 4 aromatic rings. The number of carbonyl (C=O) groups excluding carboxylic acids is 2. The summed E-state index contributed by atoms with van der Waals surface area (Å²) in [4.78, 5) is 38.7. The van der Waals surface area contributed by atoms with Crippen molar-refractivity contribution >= 4 is 33.8 Å². The first kappa shape index (κ1) is 25.3. The fraction of sp³-hybridized carbons (Fsp3) is 0.393. The van der Waals surface area contributed by atoms with Gasteiger partial charge < -0.3 is 20.3 Å². The number of thiazole rings is 1. The predicted molar refractivity (Wildman–Crippen MR) is 149 cm³/mol. The Hall–Kier alpha value is -3.99. The number of rotatable bonds is 8. The Balaban J connectivity index is 1.18. The maximum absolute atomic E-state index is 13.6. The summed E-state index contributed by atoms with van der Waals surface area (Å²) in [5.74, 6) is 2.01. The van der Waals surface area contributed by atoms with Crippen molar-refractivity contribution in [1.29, 1.82) is 0 Å². The van der Waals surface area contributed by atoms with Crippen molar-refractivity contribution in [2.24, 2.45) is 5.92 Å². The van der Waals surface area contributed by atoms with Gasteiger partial charge in [0.2, 0.25) is 0 Å². The molecule has 2 aliphatic rings. The van der Waals surface area contributed by atoms with E-state index in [0.717, 1.165) is 10.4 Å². The molecule has 3 aromatic heterocycles. The van der Waals surface area contributed by atoms with Crippen LogP contribution in [0.1, 0.15) is 53.5 Å². The van der Waals surface area contributed by atoms with Crippen LogP contribution >= 0.6 is 11.3 Å². The Bertz CT molecular complexity index is 1500. The van der Waals surface area contributed by atoms with E-state index in [0.29, 0.717) is 60.5 Å². The Morgan fingerprint density at radius 1 is 1.13 bits per heavy atom. The SMILES string of the molecule is COc1ccccc1C(=O)NC1CCN(C(=O)c2cc(N[C@@H](C)C3CC3)nc(-c3cnn4ccsc34)n2)CC1. The number of piperidine rings is 1. The first-order valence-electron chi connectivity index (χ1n) is 13.3. The highest BCUT2D eigenvalue weighted by molar-refractivity contribution is 7.16. The van der Waals surface area contributed by atoms with E-state index in [1.165, 1.54) is 12.8 Å². The summed E-state index contributed by atoms with van der Waals surface area (Å²) >= 11 is 1.56. The molecule has 0 radical (unpaired) electrons. The molecule has 202 valence electrons. The topological polar surface area (TPSA) is 114 Å². The van der Waals surface area contributed by atoms with Gasteiger partial charge in [0.1, 0.15) is 22.1 Å². The highest BCUT2D eigenvalue weighted by Gasteiger charge is 2.30. The zero-order chi connectivity index (χ0) is 26.9. The van der Waals surface area contributed by atoms with Gasteiger partial charge in [-0.15, -0.1) is 11.3 Å². The van der Waals surface area contributed by atoms with Gasteiger partial charge in [-0.05, 0) is 50.7 Å². The van der Waals surface area contributed by atoms with E-state index in [9.17, 15) is 9.59 Å². The molecule has 1 aliphatic carbocycles. The lowest BCUT2D eigenvalue weighted by molar-refractivity contribution is 0.0692. The van der Waals surface area contributed by atoms with Crippen molar-refractivity contribution in [3.05, 3.63) is 59.4 Å². The van der Waals surface area contributed by atoms with Gasteiger partial charge in [0.05, 0.1) is 24.4 Å². The molecule has 1 atom stereocenters. The molecule has 39 heavy (non-hydrogen) atoms. The van der Waals surface area contributed by atoms with Crippen LogP contribution < -0.4 is 15.4 Å². The maximum atomic E-state index is 13.6. The summed E-state index contributed by atoms with van der Waals surface area (Å²) in [5, 5.41) is 13.0. The summed E-state index contributed by atoms with van der Waals surface area (Å²) in [6.45, 7) is 3.21. The second-order valence-corrected chi connectivity index (χ2v) is 11.1. The number of aromatic nitrogens is 4. The number of hydrogen-bond acceptors (Lipinski definition) is 8. The van der Waals surface area contributed by atoms with Crippen molar-refractivity contribution < 1.29 is 14.3 Å². The fourth-order valence-corrected chi connectivity index (χ4v) is 5.86. The predicted octanol–water partition coefficient (Wildman–Crippen LogP) is 4.11. The molecule has 1 saturated carbocycles. The summed E-state index contributed by atoms with van der Waals surface area (Å²) < 4.78 is 7.12. The molecule has 1 aromatic carbocycles. The van der Waals surface area contributed by atoms with Gasteiger partial charge in [-0.25, -0.2) is 14.5 Å². The highest BCUT2D eigenvalue weighted by Crippen LogP contribution is 2.34. The largest absolute Gasteiger partial charge is 0.496 e. The minimum absolute atomic E-state index is 0.0245. The lowest BCUT2D eigenvalue weighted by atomic mass is 10.0. The van der Waals surface area contributed by atoms with Gasteiger partial charge in [0, 0.05) is 42.8 Å². The van der Waals surface area contributed by atoms with Crippen LogP contribution in [-0.4, -0.2) is 68.6 Å². The fourth-order valence-electron chi connectivity index (χ4n) is 5.06. The zero-order valence-electron chi connectivity index (χ0n) is 22.0. The zero-order valence-corrected chi connectivity index (χ0v) is 22.8. The number of hydrogen-bond donors (Lipinski definition) is 2. The molecule has 0 unspecified atom stereocenters. The van der Waals surface area contributed by atoms with Crippen molar-refractivity contribution in [2.45, 2.75) is 44.7 Å². The third-order valence-electron chi connectivity index (χ3n) is 7.49. The van der Waals surface area contributed by atoms with Gasteiger partial charge in [-0.2, -0.15) is 5.10 Å². The monoisotopic (exact) mass is 545 g/mol. The molecular formula is C28H31N7O3S. The highest BCUT2D eigenvalue weighted by atomic mass is 32.1. The van der Waals surface area contributed by atoms with E-state index in [-0.39, 0.29) is 23.9 Å². The summed E-state index contributed by atoms with van der Waals surface area (Å²) in [6.07, 6.45) is 7.38. The number of nitrogens with one attached hydrogen (secondary N) is 2. The molecule has 11 heteroatoms. The van der Waals surface area contributed by atoms with Crippen molar-refractivity contribution in [1.82, 2.24) is 29.8 Å². The van der Waals surface area contributed by atoms with Gasteiger partial charge in [-0.3, -0.25) is 9.59 Å². The summed E-state index contributed by atoms with van der Waals surface area (Å²) in [5.41, 5.74) is 1.67.